The molecule has 3 aromatic rings. The summed E-state index contributed by atoms with van der Waals surface area (Å²) in [6.07, 6.45) is 0. The largest absolute Gasteiger partial charge is 0.246 e. The second-order valence-electron chi connectivity index (χ2n) is 4.15. The van der Waals surface area contributed by atoms with Crippen molar-refractivity contribution in [1.29, 1.82) is 0 Å². The van der Waals surface area contributed by atoms with E-state index in [1.165, 1.54) is 0 Å². The van der Waals surface area contributed by atoms with Crippen LogP contribution in [0.4, 0.5) is 0 Å². The van der Waals surface area contributed by atoms with E-state index in [2.05, 4.69) is 30.9 Å². The topological polar surface area (TPSA) is 38.7 Å². The van der Waals surface area contributed by atoms with Crippen LogP contribution in [0.5, 0.6) is 0 Å². The number of nitrogens with zero attached hydrogens (tertiary/aromatic N) is 3. The molecule has 0 fully saturated rings. The zero-order valence-electron chi connectivity index (χ0n) is 10.2. The van der Waals surface area contributed by atoms with E-state index < -0.39 is 0 Å². The molecule has 0 aliphatic rings. The Morgan fingerprint density at radius 1 is 1.16 bits per heavy atom. The highest BCUT2D eigenvalue weighted by molar-refractivity contribution is 9.10. The predicted molar refractivity (Wildman–Crippen MR) is 82.8 cm³/mol. The Hall–Kier alpha value is -1.04. The lowest BCUT2D eigenvalue weighted by atomic mass is 10.2. The van der Waals surface area contributed by atoms with Gasteiger partial charge in [0, 0.05) is 9.86 Å². The van der Waals surface area contributed by atoms with Gasteiger partial charge in [0.25, 0.3) is 0 Å². The summed E-state index contributed by atoms with van der Waals surface area (Å²) in [5.74, 6) is 0.642. The van der Waals surface area contributed by atoms with Crippen molar-refractivity contribution in [3.8, 4) is 10.7 Å². The first-order chi connectivity index (χ1) is 9.04. The van der Waals surface area contributed by atoms with E-state index in [-0.39, 0.29) is 0 Å². The van der Waals surface area contributed by atoms with Crippen LogP contribution in [0.1, 0.15) is 10.7 Å². The van der Waals surface area contributed by atoms with Crippen molar-refractivity contribution in [2.45, 2.75) is 13.8 Å². The molecule has 0 amide bonds. The van der Waals surface area contributed by atoms with Crippen molar-refractivity contribution < 1.29 is 0 Å². The van der Waals surface area contributed by atoms with Crippen LogP contribution in [0.25, 0.3) is 21.6 Å². The average Bonchev–Trinajstić information content (AvgIpc) is 2.69. The lowest BCUT2D eigenvalue weighted by molar-refractivity contribution is 1.17. The van der Waals surface area contributed by atoms with Crippen LogP contribution >= 0.6 is 38.9 Å². The minimum Gasteiger partial charge on any atom is -0.246 e. The van der Waals surface area contributed by atoms with Gasteiger partial charge < -0.3 is 0 Å². The molecule has 2 aromatic heterocycles. The molecule has 6 heteroatoms. The molecule has 0 saturated heterocycles. The van der Waals surface area contributed by atoms with Crippen LogP contribution in [0.3, 0.4) is 0 Å². The molecule has 0 saturated carbocycles. The van der Waals surface area contributed by atoms with Gasteiger partial charge in [-0.2, -0.15) is 0 Å². The fourth-order valence-electron chi connectivity index (χ4n) is 1.90. The monoisotopic (exact) mass is 353 g/mol. The van der Waals surface area contributed by atoms with Gasteiger partial charge in [-0.3, -0.25) is 0 Å². The van der Waals surface area contributed by atoms with Gasteiger partial charge in [-0.15, -0.1) is 11.3 Å². The van der Waals surface area contributed by atoms with Gasteiger partial charge in [-0.05, 0) is 32.0 Å². The zero-order valence-corrected chi connectivity index (χ0v) is 13.4. The maximum absolute atomic E-state index is 6.26. The van der Waals surface area contributed by atoms with Crippen LogP contribution in [0, 0.1) is 13.8 Å². The average molecular weight is 355 g/mol. The fourth-order valence-corrected chi connectivity index (χ4v) is 3.35. The van der Waals surface area contributed by atoms with Crippen LogP contribution in [0.2, 0.25) is 5.15 Å². The molecule has 3 rings (SSSR count). The summed E-state index contributed by atoms with van der Waals surface area (Å²) >= 11 is 11.3. The third-order valence-electron chi connectivity index (χ3n) is 2.72. The molecule has 0 N–H and O–H groups in total. The molecule has 0 aliphatic carbocycles. The summed E-state index contributed by atoms with van der Waals surface area (Å²) in [4.78, 5) is 14.3. The Bertz CT molecular complexity index is 785. The summed E-state index contributed by atoms with van der Waals surface area (Å²) in [7, 11) is 0. The quantitative estimate of drug-likeness (QED) is 0.590. The third kappa shape index (κ3) is 2.38. The molecule has 0 radical (unpaired) electrons. The molecular weight excluding hydrogens is 346 g/mol. The standard InChI is InChI=1S/C13H9BrClN3S/c1-6-11(19-7(2)16-6)13-17-10-4-3-8(14)5-9(10)12(15)18-13/h3-5H,1-2H3. The number of halogens is 2. The minimum absolute atomic E-state index is 0.465. The normalized spacial score (nSPS) is 11.2. The van der Waals surface area contributed by atoms with Gasteiger partial charge in [-0.1, -0.05) is 27.5 Å². The highest BCUT2D eigenvalue weighted by Crippen LogP contribution is 2.31. The van der Waals surface area contributed by atoms with Crippen molar-refractivity contribution in [3.05, 3.63) is 38.5 Å². The number of aromatic nitrogens is 3. The zero-order chi connectivity index (χ0) is 13.6. The smallest absolute Gasteiger partial charge is 0.173 e. The number of aryl methyl sites for hydroxylation is 2. The Morgan fingerprint density at radius 2 is 1.95 bits per heavy atom. The highest BCUT2D eigenvalue weighted by Gasteiger charge is 2.13. The molecule has 0 atom stereocenters. The number of benzene rings is 1. The first kappa shape index (κ1) is 13.0. The molecule has 19 heavy (non-hydrogen) atoms. The van der Waals surface area contributed by atoms with E-state index in [1.807, 2.05) is 32.0 Å². The van der Waals surface area contributed by atoms with Crippen molar-refractivity contribution in [1.82, 2.24) is 15.0 Å². The molecule has 0 spiro atoms. The SMILES string of the molecule is Cc1nc(C)c(-c2nc(Cl)c3cc(Br)ccc3n2)s1. The number of fused-ring (bicyclic) bond motifs is 1. The molecule has 2 heterocycles. The van der Waals surface area contributed by atoms with E-state index in [0.717, 1.165) is 31.0 Å². The van der Waals surface area contributed by atoms with Crippen molar-refractivity contribution in [2.75, 3.05) is 0 Å². The van der Waals surface area contributed by atoms with Crippen LogP contribution in [-0.4, -0.2) is 15.0 Å². The van der Waals surface area contributed by atoms with Gasteiger partial charge >= 0.3 is 0 Å². The van der Waals surface area contributed by atoms with E-state index in [9.17, 15) is 0 Å². The molecule has 0 bridgehead atoms. The number of hydrogen-bond donors (Lipinski definition) is 0. The van der Waals surface area contributed by atoms with Gasteiger partial charge in [-0.25, -0.2) is 15.0 Å². The first-order valence-electron chi connectivity index (χ1n) is 5.62. The van der Waals surface area contributed by atoms with E-state index in [1.54, 1.807) is 11.3 Å². The van der Waals surface area contributed by atoms with Gasteiger partial charge in [0.1, 0.15) is 5.15 Å². The molecule has 96 valence electrons. The van der Waals surface area contributed by atoms with E-state index in [4.69, 9.17) is 11.6 Å². The third-order valence-corrected chi connectivity index (χ3v) is 4.57. The molecule has 3 nitrogen and oxygen atoms in total. The van der Waals surface area contributed by atoms with Crippen LogP contribution in [0.15, 0.2) is 22.7 Å². The first-order valence-corrected chi connectivity index (χ1v) is 7.60. The van der Waals surface area contributed by atoms with Crippen molar-refractivity contribution >= 4 is 49.8 Å². The Kier molecular flexibility index (Phi) is 3.28. The fraction of sp³-hybridized carbons (Fsp3) is 0.154. The van der Waals surface area contributed by atoms with Gasteiger partial charge in [0.15, 0.2) is 5.82 Å². The molecule has 0 unspecified atom stereocenters. The summed E-state index contributed by atoms with van der Waals surface area (Å²) in [5, 5.41) is 2.31. The molecule has 1 aromatic carbocycles. The number of rotatable bonds is 1. The van der Waals surface area contributed by atoms with Gasteiger partial charge in [0.2, 0.25) is 0 Å². The maximum Gasteiger partial charge on any atom is 0.173 e. The Balaban J connectivity index is 2.26. The van der Waals surface area contributed by atoms with Crippen molar-refractivity contribution in [2.24, 2.45) is 0 Å². The second-order valence-corrected chi connectivity index (χ2v) is 6.62. The van der Waals surface area contributed by atoms with Crippen molar-refractivity contribution in [3.63, 3.8) is 0 Å². The summed E-state index contributed by atoms with van der Waals surface area (Å²) < 4.78 is 0.961. The van der Waals surface area contributed by atoms with Gasteiger partial charge in [0.05, 0.1) is 21.1 Å². The Morgan fingerprint density at radius 3 is 2.63 bits per heavy atom. The Labute approximate surface area is 127 Å². The highest BCUT2D eigenvalue weighted by atomic mass is 79.9. The number of hydrogen-bond acceptors (Lipinski definition) is 4. The lowest BCUT2D eigenvalue weighted by Crippen LogP contribution is -1.91. The van der Waals surface area contributed by atoms with Crippen LogP contribution < -0.4 is 0 Å². The molecule has 0 aliphatic heterocycles. The summed E-state index contributed by atoms with van der Waals surface area (Å²) in [5.41, 5.74) is 1.78. The van der Waals surface area contributed by atoms with Crippen LogP contribution in [-0.2, 0) is 0 Å². The predicted octanol–water partition coefficient (Wildman–Crippen LogP) is 4.79. The lowest BCUT2D eigenvalue weighted by Gasteiger charge is -2.04. The van der Waals surface area contributed by atoms with E-state index >= 15 is 0 Å². The second kappa shape index (κ2) is 4.81. The maximum atomic E-state index is 6.26. The summed E-state index contributed by atoms with van der Waals surface area (Å²) in [6, 6.07) is 5.80. The molecular formula is C13H9BrClN3S. The number of thiazole rings is 1. The summed E-state index contributed by atoms with van der Waals surface area (Å²) in [6.45, 7) is 3.93. The minimum atomic E-state index is 0.465. The van der Waals surface area contributed by atoms with E-state index in [0.29, 0.717) is 11.0 Å².